The van der Waals surface area contributed by atoms with Crippen LogP contribution in [0.25, 0.3) is 22.4 Å². The van der Waals surface area contributed by atoms with E-state index in [9.17, 15) is 4.79 Å². The van der Waals surface area contributed by atoms with Gasteiger partial charge in [0.1, 0.15) is 11.6 Å². The first kappa shape index (κ1) is 17.2. The van der Waals surface area contributed by atoms with Crippen LogP contribution in [0.15, 0.2) is 42.7 Å². The highest BCUT2D eigenvalue weighted by molar-refractivity contribution is 6.31. The Bertz CT molecular complexity index is 1070. The lowest BCUT2D eigenvalue weighted by atomic mass is 10.3. The van der Waals surface area contributed by atoms with Gasteiger partial charge in [-0.15, -0.1) is 0 Å². The number of benzene rings is 1. The molecule has 1 amide bonds. The van der Waals surface area contributed by atoms with E-state index in [4.69, 9.17) is 11.6 Å². The molecule has 0 bridgehead atoms. The van der Waals surface area contributed by atoms with Crippen LogP contribution in [-0.2, 0) is 17.6 Å². The second kappa shape index (κ2) is 7.55. The Labute approximate surface area is 159 Å². The molecule has 0 aliphatic carbocycles. The molecule has 0 saturated heterocycles. The normalized spacial score (nSPS) is 11.0. The van der Waals surface area contributed by atoms with Gasteiger partial charge in [0.2, 0.25) is 5.91 Å². The number of carbonyl (C=O) groups excluding carboxylic acids is 1. The molecule has 0 radical (unpaired) electrons. The van der Waals surface area contributed by atoms with E-state index in [2.05, 4.69) is 35.5 Å². The number of fused-ring (bicyclic) bond motifs is 1. The molecule has 4 aromatic rings. The number of amides is 1. The molecule has 1 aromatic carbocycles. The van der Waals surface area contributed by atoms with E-state index in [-0.39, 0.29) is 12.3 Å². The largest absolute Gasteiger partial charge is 0.355 e. The molecule has 0 spiro atoms. The summed E-state index contributed by atoms with van der Waals surface area (Å²) in [5.74, 6) is 1.77. The van der Waals surface area contributed by atoms with Crippen LogP contribution in [-0.4, -0.2) is 42.6 Å². The molecule has 136 valence electrons. The second-order valence-electron chi connectivity index (χ2n) is 5.97. The number of H-pyrrole nitrogens is 2. The fourth-order valence-corrected chi connectivity index (χ4v) is 2.86. The quantitative estimate of drug-likeness (QED) is 0.474. The maximum atomic E-state index is 12.1. The number of halogens is 1. The van der Waals surface area contributed by atoms with Crippen LogP contribution in [0.2, 0.25) is 5.02 Å². The minimum Gasteiger partial charge on any atom is -0.355 e. The van der Waals surface area contributed by atoms with Gasteiger partial charge in [-0.3, -0.25) is 14.9 Å². The van der Waals surface area contributed by atoms with Gasteiger partial charge in [-0.2, -0.15) is 5.10 Å². The smallest absolute Gasteiger partial charge is 0.227 e. The number of aromatic nitrogens is 6. The molecule has 0 aliphatic heterocycles. The molecular formula is C18H16ClN7O. The van der Waals surface area contributed by atoms with Gasteiger partial charge in [0, 0.05) is 35.9 Å². The van der Waals surface area contributed by atoms with E-state index in [1.54, 1.807) is 24.5 Å². The van der Waals surface area contributed by atoms with E-state index in [1.165, 1.54) is 0 Å². The highest BCUT2D eigenvalue weighted by Gasteiger charge is 2.10. The highest BCUT2D eigenvalue weighted by atomic mass is 35.5. The predicted octanol–water partition coefficient (Wildman–Crippen LogP) is 2.30. The van der Waals surface area contributed by atoms with Gasteiger partial charge in [-0.1, -0.05) is 11.6 Å². The Hall–Kier alpha value is -3.26. The monoisotopic (exact) mass is 381 g/mol. The predicted molar refractivity (Wildman–Crippen MR) is 101 cm³/mol. The number of hydrogen-bond acceptors (Lipinski definition) is 5. The molecule has 9 heteroatoms. The van der Waals surface area contributed by atoms with Crippen molar-refractivity contribution in [3.05, 3.63) is 59.4 Å². The molecule has 4 rings (SSSR count). The Morgan fingerprint density at radius 2 is 2.11 bits per heavy atom. The molecule has 0 aliphatic rings. The second-order valence-corrected chi connectivity index (χ2v) is 6.41. The summed E-state index contributed by atoms with van der Waals surface area (Å²) < 4.78 is 0. The first-order valence-electron chi connectivity index (χ1n) is 8.40. The van der Waals surface area contributed by atoms with E-state index in [1.807, 2.05) is 18.2 Å². The van der Waals surface area contributed by atoms with Crippen molar-refractivity contribution in [3.63, 3.8) is 0 Å². The van der Waals surface area contributed by atoms with Crippen molar-refractivity contribution in [1.29, 1.82) is 0 Å². The highest BCUT2D eigenvalue weighted by Crippen LogP contribution is 2.17. The zero-order valence-corrected chi connectivity index (χ0v) is 15.0. The van der Waals surface area contributed by atoms with Crippen LogP contribution in [0.4, 0.5) is 0 Å². The molecule has 0 fully saturated rings. The molecule has 8 nitrogen and oxygen atoms in total. The van der Waals surface area contributed by atoms with Crippen LogP contribution < -0.4 is 5.32 Å². The molecule has 27 heavy (non-hydrogen) atoms. The van der Waals surface area contributed by atoms with Crippen LogP contribution in [0.5, 0.6) is 0 Å². The average molecular weight is 382 g/mol. The van der Waals surface area contributed by atoms with Crippen molar-refractivity contribution in [2.24, 2.45) is 0 Å². The van der Waals surface area contributed by atoms with Crippen LogP contribution in [0.1, 0.15) is 11.6 Å². The van der Waals surface area contributed by atoms with Gasteiger partial charge in [-0.25, -0.2) is 9.97 Å². The Kier molecular flexibility index (Phi) is 4.80. The summed E-state index contributed by atoms with van der Waals surface area (Å²) in [4.78, 5) is 28.1. The first-order valence-corrected chi connectivity index (χ1v) is 8.78. The van der Waals surface area contributed by atoms with Crippen LogP contribution in [0.3, 0.4) is 0 Å². The third-order valence-corrected chi connectivity index (χ3v) is 4.19. The Balaban J connectivity index is 1.30. The van der Waals surface area contributed by atoms with Crippen molar-refractivity contribution >= 4 is 28.5 Å². The lowest BCUT2D eigenvalue weighted by Crippen LogP contribution is -2.27. The summed E-state index contributed by atoms with van der Waals surface area (Å²) in [7, 11) is 0. The third-order valence-electron chi connectivity index (χ3n) is 3.96. The van der Waals surface area contributed by atoms with Gasteiger partial charge in [0.25, 0.3) is 0 Å². The van der Waals surface area contributed by atoms with Crippen molar-refractivity contribution in [2.75, 3.05) is 6.54 Å². The maximum absolute atomic E-state index is 12.1. The fraction of sp³-hybridized carbons (Fsp3) is 0.167. The zero-order chi connectivity index (χ0) is 18.6. The van der Waals surface area contributed by atoms with E-state index >= 15 is 0 Å². The number of imidazole rings is 1. The van der Waals surface area contributed by atoms with Crippen LogP contribution in [0, 0.1) is 0 Å². The SMILES string of the molecule is O=C(Cc1nc2ccc(Cl)cc2[nH]1)NCCc1nc(-c2cccnc2)n[nH]1. The first-order chi connectivity index (χ1) is 13.2. The lowest BCUT2D eigenvalue weighted by Gasteiger charge is -2.02. The number of hydrogen-bond donors (Lipinski definition) is 3. The number of carbonyl (C=O) groups is 1. The minimum atomic E-state index is -0.118. The standard InChI is InChI=1S/C18H16ClN7O/c19-12-3-4-13-14(8-12)23-16(22-13)9-17(27)21-7-5-15-24-18(26-25-15)11-2-1-6-20-10-11/h1-4,6,8,10H,5,7,9H2,(H,21,27)(H,22,23)(H,24,25,26). The van der Waals surface area contributed by atoms with E-state index in [0.29, 0.717) is 35.5 Å². The van der Waals surface area contributed by atoms with Gasteiger partial charge in [0.15, 0.2) is 5.82 Å². The average Bonchev–Trinajstić information content (AvgIpc) is 3.28. The van der Waals surface area contributed by atoms with Gasteiger partial charge >= 0.3 is 0 Å². The summed E-state index contributed by atoms with van der Waals surface area (Å²) in [6.45, 7) is 0.451. The number of pyridine rings is 1. The molecule has 3 N–H and O–H groups in total. The topological polar surface area (TPSA) is 112 Å². The van der Waals surface area contributed by atoms with Crippen LogP contribution >= 0.6 is 11.6 Å². The Morgan fingerprint density at radius 1 is 1.19 bits per heavy atom. The molecule has 0 atom stereocenters. The molecular weight excluding hydrogens is 366 g/mol. The number of aromatic amines is 2. The summed E-state index contributed by atoms with van der Waals surface area (Å²) in [5, 5.41) is 10.5. The summed E-state index contributed by atoms with van der Waals surface area (Å²) >= 11 is 5.96. The number of nitrogens with zero attached hydrogens (tertiary/aromatic N) is 4. The van der Waals surface area contributed by atoms with E-state index < -0.39 is 0 Å². The van der Waals surface area contributed by atoms with Crippen molar-refractivity contribution in [3.8, 4) is 11.4 Å². The summed E-state index contributed by atoms with van der Waals surface area (Å²) in [6, 6.07) is 9.10. The zero-order valence-electron chi connectivity index (χ0n) is 14.2. The fourth-order valence-electron chi connectivity index (χ4n) is 2.68. The third kappa shape index (κ3) is 4.12. The van der Waals surface area contributed by atoms with Crippen molar-refractivity contribution in [1.82, 2.24) is 35.5 Å². The summed E-state index contributed by atoms with van der Waals surface area (Å²) in [6.07, 6.45) is 4.12. The van der Waals surface area contributed by atoms with Crippen molar-refractivity contribution < 1.29 is 4.79 Å². The summed E-state index contributed by atoms with van der Waals surface area (Å²) in [5.41, 5.74) is 2.44. The van der Waals surface area contributed by atoms with Crippen molar-refractivity contribution in [2.45, 2.75) is 12.8 Å². The Morgan fingerprint density at radius 3 is 2.96 bits per heavy atom. The molecule has 0 saturated carbocycles. The minimum absolute atomic E-state index is 0.118. The molecule has 3 aromatic heterocycles. The number of nitrogens with one attached hydrogen (secondary N) is 3. The molecule has 0 unspecified atom stereocenters. The lowest BCUT2D eigenvalue weighted by molar-refractivity contribution is -0.120. The van der Waals surface area contributed by atoms with Gasteiger partial charge in [0.05, 0.1) is 17.5 Å². The molecule has 3 heterocycles. The van der Waals surface area contributed by atoms with Gasteiger partial charge in [-0.05, 0) is 30.3 Å². The number of rotatable bonds is 6. The van der Waals surface area contributed by atoms with Gasteiger partial charge < -0.3 is 10.3 Å². The maximum Gasteiger partial charge on any atom is 0.227 e. The van der Waals surface area contributed by atoms with E-state index in [0.717, 1.165) is 16.6 Å².